The maximum Gasteiger partial charge on any atom is 0.253 e. The van der Waals surface area contributed by atoms with E-state index in [-0.39, 0.29) is 17.7 Å². The maximum atomic E-state index is 13.5. The van der Waals surface area contributed by atoms with Crippen molar-refractivity contribution < 1.29 is 9.47 Å². The summed E-state index contributed by atoms with van der Waals surface area (Å²) in [7, 11) is 1.65. The quantitative estimate of drug-likeness (QED) is 0.382. The monoisotopic (exact) mass is 514 g/mol. The molecule has 1 N–H and O–H groups in total. The summed E-state index contributed by atoms with van der Waals surface area (Å²) >= 11 is 0. The van der Waals surface area contributed by atoms with Gasteiger partial charge in [-0.2, -0.15) is 0 Å². The minimum absolute atomic E-state index is 0.0913. The van der Waals surface area contributed by atoms with E-state index in [9.17, 15) is 4.79 Å². The predicted molar refractivity (Wildman–Crippen MR) is 144 cm³/mol. The Hall–Kier alpha value is -3.56. The zero-order valence-electron chi connectivity index (χ0n) is 21.8. The van der Waals surface area contributed by atoms with Gasteiger partial charge in [0, 0.05) is 23.1 Å². The topological polar surface area (TPSA) is 98.2 Å². The molecule has 4 aromatic rings. The summed E-state index contributed by atoms with van der Waals surface area (Å²) in [6, 6.07) is 18.0. The van der Waals surface area contributed by atoms with E-state index in [2.05, 4.69) is 55.7 Å². The van der Waals surface area contributed by atoms with E-state index in [1.54, 1.807) is 7.11 Å². The second kappa shape index (κ2) is 11.0. The fraction of sp³-hybridized carbons (Fsp3) is 0.448. The molecule has 0 saturated carbocycles. The van der Waals surface area contributed by atoms with Crippen molar-refractivity contribution in [3.05, 3.63) is 81.9 Å². The molecule has 4 heterocycles. The van der Waals surface area contributed by atoms with Crippen LogP contribution in [0.25, 0.3) is 10.9 Å². The van der Waals surface area contributed by atoms with Crippen molar-refractivity contribution in [2.24, 2.45) is 5.92 Å². The van der Waals surface area contributed by atoms with Gasteiger partial charge in [0.15, 0.2) is 5.82 Å². The summed E-state index contributed by atoms with van der Waals surface area (Å²) in [5.74, 6) is 2.04. The molecule has 6 rings (SSSR count). The van der Waals surface area contributed by atoms with Gasteiger partial charge in [-0.3, -0.25) is 9.69 Å². The van der Waals surface area contributed by atoms with Gasteiger partial charge in [0.05, 0.1) is 19.8 Å². The highest BCUT2D eigenvalue weighted by Gasteiger charge is 2.34. The van der Waals surface area contributed by atoms with Crippen molar-refractivity contribution in [1.82, 2.24) is 30.1 Å². The predicted octanol–water partition coefficient (Wildman–Crippen LogP) is 3.75. The Bertz CT molecular complexity index is 1420. The fourth-order valence-corrected chi connectivity index (χ4v) is 5.91. The standard InChI is InChI=1S/C29H34N6O3/c1-37-23-9-10-26-22(17-23)18-25(29(36)30-26)27(28-31-32-33-35(28)19-24-8-5-15-38-24)34-13-11-21(12-14-34)16-20-6-3-2-4-7-20/h2-4,6-7,9-10,17-18,21,24,27H,5,8,11-16,19H2,1H3,(H,30,36). The highest BCUT2D eigenvalue weighted by Crippen LogP contribution is 2.33. The van der Waals surface area contributed by atoms with Crippen LogP contribution in [0.15, 0.2) is 59.4 Å². The van der Waals surface area contributed by atoms with Gasteiger partial charge in [0.25, 0.3) is 5.56 Å². The molecule has 2 aliphatic rings. The van der Waals surface area contributed by atoms with E-state index >= 15 is 0 Å². The number of H-pyrrole nitrogens is 1. The van der Waals surface area contributed by atoms with E-state index in [4.69, 9.17) is 9.47 Å². The molecule has 9 heteroatoms. The number of ether oxygens (including phenoxy) is 2. The summed E-state index contributed by atoms with van der Waals surface area (Å²) in [6.07, 6.45) is 5.31. The van der Waals surface area contributed by atoms with Crippen molar-refractivity contribution in [3.8, 4) is 5.75 Å². The number of hydrogen-bond donors (Lipinski definition) is 1. The van der Waals surface area contributed by atoms with Gasteiger partial charge < -0.3 is 14.5 Å². The van der Waals surface area contributed by atoms with E-state index < -0.39 is 0 Å². The molecule has 2 aromatic heterocycles. The van der Waals surface area contributed by atoms with E-state index in [0.717, 1.165) is 68.5 Å². The molecule has 0 bridgehead atoms. The highest BCUT2D eigenvalue weighted by atomic mass is 16.5. The zero-order valence-corrected chi connectivity index (χ0v) is 21.8. The molecule has 38 heavy (non-hydrogen) atoms. The molecular weight excluding hydrogens is 480 g/mol. The summed E-state index contributed by atoms with van der Waals surface area (Å²) in [4.78, 5) is 19.0. The summed E-state index contributed by atoms with van der Waals surface area (Å²) in [6.45, 7) is 3.09. The number of fused-ring (bicyclic) bond motifs is 1. The van der Waals surface area contributed by atoms with Crippen LogP contribution in [0.2, 0.25) is 0 Å². The van der Waals surface area contributed by atoms with E-state index in [0.29, 0.717) is 23.9 Å². The lowest BCUT2D eigenvalue weighted by Crippen LogP contribution is -2.41. The van der Waals surface area contributed by atoms with Gasteiger partial charge in [0.2, 0.25) is 0 Å². The second-order valence-corrected chi connectivity index (χ2v) is 10.4. The average molecular weight is 515 g/mol. The maximum absolute atomic E-state index is 13.5. The number of rotatable bonds is 8. The third kappa shape index (κ3) is 5.21. The normalized spacial score (nSPS) is 19.7. The molecule has 0 radical (unpaired) electrons. The number of piperidine rings is 1. The first-order chi connectivity index (χ1) is 18.7. The molecule has 2 unspecified atom stereocenters. The molecule has 2 fully saturated rings. The molecule has 198 valence electrons. The summed E-state index contributed by atoms with van der Waals surface area (Å²) in [5, 5.41) is 13.8. The third-order valence-corrected chi connectivity index (χ3v) is 7.96. The molecule has 0 aliphatic carbocycles. The molecule has 0 spiro atoms. The van der Waals surface area contributed by atoms with Crippen LogP contribution in [0.4, 0.5) is 0 Å². The van der Waals surface area contributed by atoms with Crippen LogP contribution in [-0.2, 0) is 17.7 Å². The Balaban J connectivity index is 1.33. The minimum Gasteiger partial charge on any atom is -0.497 e. The van der Waals surface area contributed by atoms with Gasteiger partial charge in [0.1, 0.15) is 11.8 Å². The first kappa shape index (κ1) is 24.8. The van der Waals surface area contributed by atoms with Gasteiger partial charge in [-0.15, -0.1) is 5.10 Å². The number of pyridine rings is 1. The van der Waals surface area contributed by atoms with E-state index in [1.165, 1.54) is 5.56 Å². The number of nitrogens with zero attached hydrogens (tertiary/aromatic N) is 5. The number of methoxy groups -OCH3 is 1. The van der Waals surface area contributed by atoms with Gasteiger partial charge >= 0.3 is 0 Å². The number of aromatic nitrogens is 5. The van der Waals surface area contributed by atoms with Gasteiger partial charge in [-0.1, -0.05) is 30.3 Å². The Morgan fingerprint density at radius 3 is 2.71 bits per heavy atom. The first-order valence-corrected chi connectivity index (χ1v) is 13.5. The first-order valence-electron chi connectivity index (χ1n) is 13.5. The lowest BCUT2D eigenvalue weighted by atomic mass is 9.89. The molecule has 2 aliphatic heterocycles. The number of benzene rings is 2. The van der Waals surface area contributed by atoms with Gasteiger partial charge in [-0.25, -0.2) is 4.68 Å². The van der Waals surface area contributed by atoms with Gasteiger partial charge in [-0.05, 0) is 91.4 Å². The fourth-order valence-electron chi connectivity index (χ4n) is 5.91. The number of likely N-dealkylation sites (tertiary alicyclic amines) is 1. The number of tetrazole rings is 1. The molecule has 2 atom stereocenters. The molecule has 9 nitrogen and oxygen atoms in total. The molecule has 2 saturated heterocycles. The SMILES string of the molecule is COc1ccc2[nH]c(=O)c(C(c3nnnn3CC3CCCO3)N3CCC(Cc4ccccc4)CC3)cc2c1. The Labute approximate surface area is 221 Å². The van der Waals surface area contributed by atoms with Crippen molar-refractivity contribution in [2.45, 2.75) is 50.8 Å². The van der Waals surface area contributed by atoms with Crippen molar-refractivity contribution in [3.63, 3.8) is 0 Å². The number of hydrogen-bond acceptors (Lipinski definition) is 7. The smallest absolute Gasteiger partial charge is 0.253 e. The molecule has 0 amide bonds. The Kier molecular flexibility index (Phi) is 7.20. The van der Waals surface area contributed by atoms with Crippen LogP contribution in [-0.4, -0.2) is 63.0 Å². The summed E-state index contributed by atoms with van der Waals surface area (Å²) < 4.78 is 13.2. The largest absolute Gasteiger partial charge is 0.497 e. The van der Waals surface area contributed by atoms with Crippen molar-refractivity contribution >= 4 is 10.9 Å². The van der Waals surface area contributed by atoms with Crippen LogP contribution in [0.3, 0.4) is 0 Å². The van der Waals surface area contributed by atoms with Crippen LogP contribution in [0, 0.1) is 5.92 Å². The van der Waals surface area contributed by atoms with Crippen LogP contribution in [0.5, 0.6) is 5.75 Å². The number of aromatic amines is 1. The Morgan fingerprint density at radius 2 is 1.95 bits per heavy atom. The third-order valence-electron chi connectivity index (χ3n) is 7.96. The minimum atomic E-state index is -0.358. The highest BCUT2D eigenvalue weighted by molar-refractivity contribution is 5.80. The van der Waals surface area contributed by atoms with Crippen LogP contribution < -0.4 is 10.3 Å². The van der Waals surface area contributed by atoms with Crippen molar-refractivity contribution in [2.75, 3.05) is 26.8 Å². The van der Waals surface area contributed by atoms with Crippen LogP contribution in [0.1, 0.15) is 48.7 Å². The van der Waals surface area contributed by atoms with E-state index in [1.807, 2.05) is 28.9 Å². The molecule has 2 aromatic carbocycles. The molecular formula is C29H34N6O3. The van der Waals surface area contributed by atoms with Crippen molar-refractivity contribution in [1.29, 1.82) is 0 Å². The summed E-state index contributed by atoms with van der Waals surface area (Å²) in [5.41, 5.74) is 2.68. The lowest BCUT2D eigenvalue weighted by molar-refractivity contribution is 0.0892. The van der Waals surface area contributed by atoms with Crippen LogP contribution >= 0.6 is 0 Å². The lowest BCUT2D eigenvalue weighted by Gasteiger charge is -2.37. The second-order valence-electron chi connectivity index (χ2n) is 10.4. The Morgan fingerprint density at radius 1 is 1.11 bits per heavy atom. The number of nitrogens with one attached hydrogen (secondary N) is 1. The zero-order chi connectivity index (χ0) is 25.9. The average Bonchev–Trinajstić information content (AvgIpc) is 3.63.